The Morgan fingerprint density at radius 3 is 2.59 bits per heavy atom. The summed E-state index contributed by atoms with van der Waals surface area (Å²) in [5.41, 5.74) is 4.92. The Hall–Kier alpha value is -2.56. The van der Waals surface area contributed by atoms with Crippen LogP contribution in [-0.4, -0.2) is 30.1 Å². The number of hydrogen-bond donors (Lipinski definition) is 1. The Bertz CT molecular complexity index is 964. The summed E-state index contributed by atoms with van der Waals surface area (Å²) in [6.07, 6.45) is 8.58. The molecule has 0 aliphatic heterocycles. The molecule has 1 aliphatic carbocycles. The maximum atomic E-state index is 13.3. The van der Waals surface area contributed by atoms with Crippen LogP contribution >= 0.6 is 0 Å². The van der Waals surface area contributed by atoms with Gasteiger partial charge in [-0.1, -0.05) is 38.3 Å². The minimum Gasteiger partial charge on any atom is -0.370 e. The number of nitrogens with one attached hydrogen (secondary N) is 1. The zero-order valence-corrected chi connectivity index (χ0v) is 20.1. The number of benzene rings is 1. The number of pyridine rings is 1. The lowest BCUT2D eigenvalue weighted by molar-refractivity contribution is 0.0952. The van der Waals surface area contributed by atoms with Crippen molar-refractivity contribution < 1.29 is 4.79 Å². The second-order valence-corrected chi connectivity index (χ2v) is 8.93. The average Bonchev–Trinajstić information content (AvgIpc) is 2.77. The zero-order chi connectivity index (χ0) is 22.9. The number of rotatable bonds is 9. The van der Waals surface area contributed by atoms with Crippen molar-refractivity contribution in [2.75, 3.05) is 24.5 Å². The highest BCUT2D eigenvalue weighted by molar-refractivity contribution is 5.94. The summed E-state index contributed by atoms with van der Waals surface area (Å²) in [6, 6.07) is 10.3. The van der Waals surface area contributed by atoms with Crippen LogP contribution in [0.3, 0.4) is 0 Å². The lowest BCUT2D eigenvalue weighted by atomic mass is 9.95. The fourth-order valence-corrected chi connectivity index (χ4v) is 4.64. The lowest BCUT2D eigenvalue weighted by Gasteiger charge is -2.24. The zero-order valence-electron chi connectivity index (χ0n) is 20.1. The number of amides is 1. The number of hydrogen-bond acceptors (Lipinski definition) is 3. The van der Waals surface area contributed by atoms with Crippen molar-refractivity contribution in [3.63, 3.8) is 0 Å². The molecule has 1 N–H and O–H groups in total. The van der Waals surface area contributed by atoms with Gasteiger partial charge in [0.25, 0.3) is 11.5 Å². The van der Waals surface area contributed by atoms with Crippen LogP contribution in [0.15, 0.2) is 35.1 Å². The summed E-state index contributed by atoms with van der Waals surface area (Å²) in [4.78, 5) is 28.6. The molecule has 5 heteroatoms. The van der Waals surface area contributed by atoms with E-state index in [0.29, 0.717) is 25.2 Å². The van der Waals surface area contributed by atoms with Crippen molar-refractivity contribution in [3.05, 3.63) is 63.1 Å². The van der Waals surface area contributed by atoms with Crippen LogP contribution < -0.4 is 15.8 Å². The Kier molecular flexibility index (Phi) is 8.95. The third-order valence-corrected chi connectivity index (χ3v) is 6.50. The third kappa shape index (κ3) is 6.02. The van der Waals surface area contributed by atoms with Gasteiger partial charge >= 0.3 is 0 Å². The van der Waals surface area contributed by atoms with E-state index in [-0.39, 0.29) is 11.5 Å². The number of nitrogens with zero attached hydrogens (tertiary/aromatic N) is 2. The number of aryl methyl sites for hydroxylation is 2. The molecule has 0 unspecified atom stereocenters. The van der Waals surface area contributed by atoms with Gasteiger partial charge in [-0.2, -0.15) is 0 Å². The van der Waals surface area contributed by atoms with E-state index in [1.807, 2.05) is 10.6 Å². The van der Waals surface area contributed by atoms with Crippen LogP contribution in [0.2, 0.25) is 0 Å². The lowest BCUT2D eigenvalue weighted by Crippen LogP contribution is -2.39. The predicted octanol–water partition coefficient (Wildman–Crippen LogP) is 4.87. The first-order chi connectivity index (χ1) is 15.5. The second-order valence-electron chi connectivity index (χ2n) is 8.93. The molecule has 174 valence electrons. The molecule has 3 rings (SSSR count). The molecule has 1 aromatic heterocycles. The van der Waals surface area contributed by atoms with Crippen molar-refractivity contribution in [2.24, 2.45) is 0 Å². The van der Waals surface area contributed by atoms with Crippen LogP contribution in [0, 0.1) is 6.92 Å². The van der Waals surface area contributed by atoms with E-state index in [9.17, 15) is 9.59 Å². The standard InChI is InChI=1S/C27H39N3O2/c1-4-6-17-30-25-15-10-8-7-9-13-22(25)20-24(27(30)32)26(31)28-16-18-29(5-2)23-14-11-12-21(3)19-23/h11-12,14,19-20H,4-10,13,15-18H2,1-3H3,(H,28,31). The van der Waals surface area contributed by atoms with Gasteiger partial charge < -0.3 is 14.8 Å². The molecule has 1 amide bonds. The SMILES string of the molecule is CCCCn1c2c(cc(C(=O)NCCN(CC)c3cccc(C)c3)c1=O)CCCCCC2. The van der Waals surface area contributed by atoms with Gasteiger partial charge in [0.1, 0.15) is 5.56 Å². The van der Waals surface area contributed by atoms with Crippen molar-refractivity contribution >= 4 is 11.6 Å². The van der Waals surface area contributed by atoms with Gasteiger partial charge in [0, 0.05) is 37.6 Å². The first kappa shape index (κ1) is 24.1. The number of unbranched alkanes of at least 4 members (excludes halogenated alkanes) is 1. The molecule has 1 aliphatic rings. The highest BCUT2D eigenvalue weighted by Gasteiger charge is 2.20. The van der Waals surface area contributed by atoms with E-state index in [2.05, 4.69) is 55.3 Å². The van der Waals surface area contributed by atoms with Crippen molar-refractivity contribution in [3.8, 4) is 0 Å². The van der Waals surface area contributed by atoms with E-state index in [1.165, 1.54) is 24.0 Å². The van der Waals surface area contributed by atoms with Gasteiger partial charge in [0.2, 0.25) is 0 Å². The van der Waals surface area contributed by atoms with E-state index < -0.39 is 0 Å². The predicted molar refractivity (Wildman–Crippen MR) is 133 cm³/mol. The number of fused-ring (bicyclic) bond motifs is 1. The molecule has 0 atom stereocenters. The third-order valence-electron chi connectivity index (χ3n) is 6.50. The van der Waals surface area contributed by atoms with Gasteiger partial charge in [-0.15, -0.1) is 0 Å². The van der Waals surface area contributed by atoms with Gasteiger partial charge in [-0.25, -0.2) is 0 Å². The summed E-state index contributed by atoms with van der Waals surface area (Å²) in [6.45, 7) is 9.12. The molecule has 0 bridgehead atoms. The Balaban J connectivity index is 1.76. The number of aromatic nitrogens is 1. The first-order valence-corrected chi connectivity index (χ1v) is 12.4. The van der Waals surface area contributed by atoms with Gasteiger partial charge in [-0.05, 0) is 75.3 Å². The summed E-state index contributed by atoms with van der Waals surface area (Å²) in [7, 11) is 0. The van der Waals surface area contributed by atoms with Gasteiger partial charge in [0.05, 0.1) is 0 Å². The maximum Gasteiger partial charge on any atom is 0.263 e. The maximum absolute atomic E-state index is 13.3. The first-order valence-electron chi connectivity index (χ1n) is 12.4. The summed E-state index contributed by atoms with van der Waals surface area (Å²) < 4.78 is 1.91. The van der Waals surface area contributed by atoms with Gasteiger partial charge in [0.15, 0.2) is 0 Å². The van der Waals surface area contributed by atoms with Crippen LogP contribution in [0.4, 0.5) is 5.69 Å². The molecule has 0 radical (unpaired) electrons. The van der Waals surface area contributed by atoms with E-state index in [0.717, 1.165) is 56.5 Å². The van der Waals surface area contributed by atoms with Crippen LogP contribution in [0.1, 0.15) is 79.6 Å². The second kappa shape index (κ2) is 11.9. The summed E-state index contributed by atoms with van der Waals surface area (Å²) >= 11 is 0. The molecule has 0 fully saturated rings. The number of likely N-dealkylation sites (N-methyl/N-ethyl adjacent to an activating group) is 1. The molecule has 0 saturated heterocycles. The average molecular weight is 438 g/mol. The van der Waals surface area contributed by atoms with Crippen LogP contribution in [-0.2, 0) is 19.4 Å². The Morgan fingerprint density at radius 2 is 1.88 bits per heavy atom. The molecule has 32 heavy (non-hydrogen) atoms. The number of carbonyl (C=O) groups is 1. The molecule has 1 heterocycles. The van der Waals surface area contributed by atoms with Crippen LogP contribution in [0.25, 0.3) is 0 Å². The van der Waals surface area contributed by atoms with E-state index >= 15 is 0 Å². The molecule has 1 aromatic carbocycles. The largest absolute Gasteiger partial charge is 0.370 e. The Morgan fingerprint density at radius 1 is 1.09 bits per heavy atom. The smallest absolute Gasteiger partial charge is 0.263 e. The molecule has 0 saturated carbocycles. The number of anilines is 1. The number of carbonyl (C=O) groups excluding carboxylic acids is 1. The topological polar surface area (TPSA) is 54.3 Å². The molecule has 0 spiro atoms. The van der Waals surface area contributed by atoms with E-state index in [4.69, 9.17) is 0 Å². The summed E-state index contributed by atoms with van der Waals surface area (Å²) in [5, 5.41) is 3.01. The van der Waals surface area contributed by atoms with E-state index in [1.54, 1.807) is 0 Å². The van der Waals surface area contributed by atoms with Crippen molar-refractivity contribution in [1.82, 2.24) is 9.88 Å². The Labute approximate surface area is 192 Å². The monoisotopic (exact) mass is 437 g/mol. The molecular weight excluding hydrogens is 398 g/mol. The highest BCUT2D eigenvalue weighted by atomic mass is 16.2. The van der Waals surface area contributed by atoms with Crippen molar-refractivity contribution in [1.29, 1.82) is 0 Å². The van der Waals surface area contributed by atoms with Crippen LogP contribution in [0.5, 0.6) is 0 Å². The molecule has 5 nitrogen and oxygen atoms in total. The fourth-order valence-electron chi connectivity index (χ4n) is 4.64. The normalized spacial score (nSPS) is 13.7. The molecule has 2 aromatic rings. The minimum atomic E-state index is -0.245. The summed E-state index contributed by atoms with van der Waals surface area (Å²) in [5.74, 6) is -0.245. The van der Waals surface area contributed by atoms with Gasteiger partial charge in [-0.3, -0.25) is 9.59 Å². The molecular formula is C27H39N3O2. The van der Waals surface area contributed by atoms with Crippen molar-refractivity contribution in [2.45, 2.75) is 78.7 Å². The minimum absolute atomic E-state index is 0.124. The quantitative estimate of drug-likeness (QED) is 0.609. The highest BCUT2D eigenvalue weighted by Crippen LogP contribution is 2.21. The fraction of sp³-hybridized carbons (Fsp3) is 0.556.